The van der Waals surface area contributed by atoms with Gasteiger partial charge in [0.05, 0.1) is 6.04 Å². The Morgan fingerprint density at radius 1 is 0.541 bits per heavy atom. The fourth-order valence-electron chi connectivity index (χ4n) is 7.35. The van der Waals surface area contributed by atoms with Crippen molar-refractivity contribution in [2.45, 2.75) is 75.2 Å². The van der Waals surface area contributed by atoms with E-state index in [-0.39, 0.29) is 37.9 Å². The molecular weight excluding hydrogens is 777 g/mol. The molecule has 12 N–H and O–H groups in total. The maximum Gasteiger partial charge on any atom is 0.326 e. The van der Waals surface area contributed by atoms with Gasteiger partial charge in [0.2, 0.25) is 23.6 Å². The van der Waals surface area contributed by atoms with Crippen LogP contribution in [0.3, 0.4) is 0 Å². The molecule has 4 aromatic carbocycles. The number of benzene rings is 4. The smallest absolute Gasteiger partial charge is 0.326 e. The van der Waals surface area contributed by atoms with Crippen molar-refractivity contribution in [3.63, 3.8) is 0 Å². The van der Waals surface area contributed by atoms with E-state index < -0.39 is 59.8 Å². The van der Waals surface area contributed by atoms with Crippen molar-refractivity contribution in [1.29, 1.82) is 0 Å². The minimum atomic E-state index is -1.30. The van der Waals surface area contributed by atoms with Crippen LogP contribution in [0.2, 0.25) is 0 Å². The maximum absolute atomic E-state index is 14.4. The number of fused-ring (bicyclic) bond motifs is 2. The summed E-state index contributed by atoms with van der Waals surface area (Å²) in [4.78, 5) is 75.2. The standard InChI is InChI=1S/C46H52N8O7/c47-21-9-8-16-38(51-44(58)39(24-30-26-49-36-14-6-4-12-33(30)36)52-42(56)35(48)22-29-17-19-32(55)20-18-29)43(57)53-40(25-31-27-50-37-15-7-5-13-34(31)37)45(59)54-41(46(60)61)23-28-10-2-1-3-11-28/h1-7,10-15,17-20,26-27,35,38-41,49-50,55H,8-9,16,21-25,47-48H2,(H,51,58)(H,52,56)(H,53,57)(H,54,59)(H,60,61)/t35-,38-,39+,40-,41+/m0/s1. The van der Waals surface area contributed by atoms with E-state index in [4.69, 9.17) is 11.5 Å². The number of aliphatic carboxylic acids is 1. The number of unbranched alkanes of at least 4 members (excludes halogenated alkanes) is 1. The monoisotopic (exact) mass is 828 g/mol. The normalized spacial score (nSPS) is 13.7. The van der Waals surface area contributed by atoms with E-state index in [1.807, 2.05) is 48.5 Å². The Hall–Kier alpha value is -6.97. The predicted molar refractivity (Wildman–Crippen MR) is 232 cm³/mol. The van der Waals surface area contributed by atoms with Gasteiger partial charge in [-0.1, -0.05) is 78.9 Å². The van der Waals surface area contributed by atoms with Crippen molar-refractivity contribution in [2.24, 2.45) is 11.5 Å². The van der Waals surface area contributed by atoms with Gasteiger partial charge < -0.3 is 52.9 Å². The molecule has 318 valence electrons. The minimum absolute atomic E-state index is 0.000888. The molecule has 0 fully saturated rings. The molecule has 4 amide bonds. The molecule has 0 aliphatic rings. The number of para-hydroxylation sites is 2. The Morgan fingerprint density at radius 3 is 1.57 bits per heavy atom. The van der Waals surface area contributed by atoms with E-state index in [0.717, 1.165) is 27.4 Å². The Morgan fingerprint density at radius 2 is 1.02 bits per heavy atom. The van der Waals surface area contributed by atoms with Crippen LogP contribution in [-0.4, -0.2) is 86.5 Å². The molecule has 15 nitrogen and oxygen atoms in total. The summed E-state index contributed by atoms with van der Waals surface area (Å²) in [6.45, 7) is 0.337. The third-order valence-electron chi connectivity index (χ3n) is 10.7. The lowest BCUT2D eigenvalue weighted by atomic mass is 10.0. The molecule has 15 heteroatoms. The lowest BCUT2D eigenvalue weighted by Crippen LogP contribution is -2.59. The van der Waals surface area contributed by atoms with Gasteiger partial charge in [0.15, 0.2) is 0 Å². The van der Waals surface area contributed by atoms with Gasteiger partial charge in [-0.2, -0.15) is 0 Å². The number of carboxylic acid groups (broad SMARTS) is 1. The van der Waals surface area contributed by atoms with Crippen LogP contribution >= 0.6 is 0 Å². The number of H-pyrrole nitrogens is 2. The number of phenolic OH excluding ortho intramolecular Hbond substituents is 1. The van der Waals surface area contributed by atoms with Gasteiger partial charge in [-0.15, -0.1) is 0 Å². The zero-order valence-electron chi connectivity index (χ0n) is 33.6. The van der Waals surface area contributed by atoms with Crippen LogP contribution < -0.4 is 32.7 Å². The van der Waals surface area contributed by atoms with Crippen LogP contribution in [0.15, 0.2) is 116 Å². The zero-order valence-corrected chi connectivity index (χ0v) is 33.6. The SMILES string of the molecule is NCCCC[C@H](NC(=O)[C@@H](Cc1c[nH]c2ccccc12)NC(=O)[C@@H](N)Cc1ccc(O)cc1)C(=O)N[C@@H](Cc1c[nH]c2ccccc12)C(=O)N[C@H](Cc1ccccc1)C(=O)O. The first kappa shape index (κ1) is 43.6. The highest BCUT2D eigenvalue weighted by Gasteiger charge is 2.33. The van der Waals surface area contributed by atoms with Gasteiger partial charge in [-0.3, -0.25) is 19.2 Å². The molecular formula is C46H52N8O7. The van der Waals surface area contributed by atoms with E-state index in [0.29, 0.717) is 36.1 Å². The molecule has 2 aromatic heterocycles. The number of hydrogen-bond acceptors (Lipinski definition) is 8. The molecule has 0 unspecified atom stereocenters. The van der Waals surface area contributed by atoms with Crippen LogP contribution in [0.4, 0.5) is 0 Å². The molecule has 0 radical (unpaired) electrons. The summed E-state index contributed by atoms with van der Waals surface area (Å²) in [5.41, 5.74) is 16.6. The second-order valence-corrected chi connectivity index (χ2v) is 15.2. The fourth-order valence-corrected chi connectivity index (χ4v) is 7.35. The van der Waals surface area contributed by atoms with Crippen molar-refractivity contribution >= 4 is 51.4 Å². The number of carbonyl (C=O) groups excluding carboxylic acids is 4. The minimum Gasteiger partial charge on any atom is -0.508 e. The Bertz CT molecular complexity index is 2430. The molecule has 0 aliphatic heterocycles. The highest BCUT2D eigenvalue weighted by Crippen LogP contribution is 2.21. The van der Waals surface area contributed by atoms with E-state index in [9.17, 15) is 34.2 Å². The summed E-state index contributed by atoms with van der Waals surface area (Å²) in [5.74, 6) is -3.83. The average Bonchev–Trinajstić information content (AvgIpc) is 3.87. The molecule has 0 saturated carbocycles. The van der Waals surface area contributed by atoms with E-state index in [1.54, 1.807) is 54.9 Å². The number of hydrogen-bond donors (Lipinski definition) is 10. The summed E-state index contributed by atoms with van der Waals surface area (Å²) in [5, 5.41) is 32.6. The summed E-state index contributed by atoms with van der Waals surface area (Å²) in [6.07, 6.45) is 4.83. The average molecular weight is 829 g/mol. The predicted octanol–water partition coefficient (Wildman–Crippen LogP) is 3.11. The number of nitrogens with two attached hydrogens (primary N) is 2. The van der Waals surface area contributed by atoms with Crippen LogP contribution in [0.25, 0.3) is 21.8 Å². The van der Waals surface area contributed by atoms with Crippen LogP contribution in [-0.2, 0) is 49.7 Å². The third-order valence-corrected chi connectivity index (χ3v) is 10.7. The highest BCUT2D eigenvalue weighted by atomic mass is 16.4. The molecule has 0 aliphatic carbocycles. The second-order valence-electron chi connectivity index (χ2n) is 15.2. The van der Waals surface area contributed by atoms with Crippen molar-refractivity contribution in [3.05, 3.63) is 138 Å². The summed E-state index contributed by atoms with van der Waals surface area (Å²) < 4.78 is 0. The van der Waals surface area contributed by atoms with Gasteiger partial charge in [0, 0.05) is 53.5 Å². The van der Waals surface area contributed by atoms with Crippen molar-refractivity contribution in [3.8, 4) is 5.75 Å². The quantitative estimate of drug-likeness (QED) is 0.0478. The molecule has 6 rings (SSSR count). The van der Waals surface area contributed by atoms with E-state index in [2.05, 4.69) is 31.2 Å². The van der Waals surface area contributed by atoms with Gasteiger partial charge in [-0.25, -0.2) is 4.79 Å². The summed E-state index contributed by atoms with van der Waals surface area (Å²) in [7, 11) is 0. The van der Waals surface area contributed by atoms with Crippen LogP contribution in [0.1, 0.15) is 41.5 Å². The molecule has 2 heterocycles. The number of aromatic hydroxyl groups is 1. The Balaban J connectivity index is 1.25. The first-order chi connectivity index (χ1) is 29.5. The Kier molecular flexibility index (Phi) is 14.9. The number of carbonyl (C=O) groups is 5. The first-order valence-corrected chi connectivity index (χ1v) is 20.3. The second kappa shape index (κ2) is 20.8. The Labute approximate surface area is 352 Å². The number of rotatable bonds is 21. The topological polar surface area (TPSA) is 258 Å². The molecule has 5 atom stereocenters. The van der Waals surface area contributed by atoms with Gasteiger partial charge in [0.25, 0.3) is 0 Å². The number of aromatic amines is 2. The zero-order chi connectivity index (χ0) is 43.3. The van der Waals surface area contributed by atoms with E-state index in [1.165, 1.54) is 12.1 Å². The van der Waals surface area contributed by atoms with Gasteiger partial charge >= 0.3 is 5.97 Å². The summed E-state index contributed by atoms with van der Waals surface area (Å²) in [6, 6.07) is 24.2. The lowest BCUT2D eigenvalue weighted by Gasteiger charge is -2.27. The molecule has 61 heavy (non-hydrogen) atoms. The fraction of sp³-hybridized carbons (Fsp3) is 0.283. The first-order valence-electron chi connectivity index (χ1n) is 20.3. The van der Waals surface area contributed by atoms with Crippen molar-refractivity contribution in [2.75, 3.05) is 6.54 Å². The van der Waals surface area contributed by atoms with E-state index >= 15 is 0 Å². The number of aromatic nitrogens is 2. The summed E-state index contributed by atoms with van der Waals surface area (Å²) >= 11 is 0. The van der Waals surface area contributed by atoms with Crippen molar-refractivity contribution in [1.82, 2.24) is 31.2 Å². The number of phenols is 1. The highest BCUT2D eigenvalue weighted by molar-refractivity contribution is 5.96. The van der Waals surface area contributed by atoms with Crippen LogP contribution in [0, 0.1) is 0 Å². The number of carboxylic acids is 1. The number of amides is 4. The largest absolute Gasteiger partial charge is 0.508 e. The maximum atomic E-state index is 14.4. The molecule has 0 spiro atoms. The molecule has 6 aromatic rings. The van der Waals surface area contributed by atoms with Crippen molar-refractivity contribution < 1.29 is 34.2 Å². The lowest BCUT2D eigenvalue weighted by molar-refractivity contribution is -0.142. The van der Waals surface area contributed by atoms with Crippen LogP contribution in [0.5, 0.6) is 5.75 Å². The van der Waals surface area contributed by atoms with Gasteiger partial charge in [0.1, 0.15) is 29.9 Å². The van der Waals surface area contributed by atoms with Gasteiger partial charge in [-0.05, 0) is 78.7 Å². The number of nitrogens with one attached hydrogen (secondary N) is 6. The molecule has 0 saturated heterocycles. The third kappa shape index (κ3) is 11.8. The molecule has 0 bridgehead atoms.